The SMILES string of the molecule is Cc1c(C(=O)N2CCN(Cc3ccc(OC(F)(F)F)cc3)CC2)cnn1-c1ccccc1F. The first-order chi connectivity index (χ1) is 15.7. The Bertz CT molecular complexity index is 1120. The Morgan fingerprint density at radius 2 is 1.70 bits per heavy atom. The van der Waals surface area contributed by atoms with Gasteiger partial charge in [-0.25, -0.2) is 9.07 Å². The van der Waals surface area contributed by atoms with Crippen LogP contribution in [-0.2, 0) is 6.54 Å². The number of ether oxygens (including phenoxy) is 1. The fraction of sp³-hybridized carbons (Fsp3) is 0.304. The number of benzene rings is 2. The molecule has 0 atom stereocenters. The first-order valence-corrected chi connectivity index (χ1v) is 10.4. The number of amides is 1. The highest BCUT2D eigenvalue weighted by molar-refractivity contribution is 5.95. The van der Waals surface area contributed by atoms with Gasteiger partial charge in [0.15, 0.2) is 0 Å². The molecule has 4 rings (SSSR count). The molecule has 0 unspecified atom stereocenters. The molecule has 6 nitrogen and oxygen atoms in total. The molecular formula is C23H22F4N4O2. The van der Waals surface area contributed by atoms with E-state index in [1.165, 1.54) is 29.1 Å². The highest BCUT2D eigenvalue weighted by atomic mass is 19.4. The van der Waals surface area contributed by atoms with Gasteiger partial charge in [-0.1, -0.05) is 24.3 Å². The van der Waals surface area contributed by atoms with Gasteiger partial charge in [-0.05, 0) is 36.8 Å². The van der Waals surface area contributed by atoms with Gasteiger partial charge < -0.3 is 9.64 Å². The smallest absolute Gasteiger partial charge is 0.406 e. The lowest BCUT2D eigenvalue weighted by Crippen LogP contribution is -2.48. The minimum absolute atomic E-state index is 0.164. The maximum absolute atomic E-state index is 14.1. The molecule has 10 heteroatoms. The van der Waals surface area contributed by atoms with Crippen molar-refractivity contribution in [2.45, 2.75) is 19.8 Å². The van der Waals surface area contributed by atoms with Crippen molar-refractivity contribution in [1.29, 1.82) is 0 Å². The van der Waals surface area contributed by atoms with Crippen molar-refractivity contribution >= 4 is 5.91 Å². The van der Waals surface area contributed by atoms with Crippen LogP contribution in [0.1, 0.15) is 21.6 Å². The second-order valence-corrected chi connectivity index (χ2v) is 7.77. The standard InChI is InChI=1S/C23H22F4N4O2/c1-16-19(14-28-31(16)21-5-3-2-4-20(21)24)22(32)30-12-10-29(11-13-30)15-17-6-8-18(9-7-17)33-23(25,26)27/h2-9,14H,10-13,15H2,1H3. The quantitative estimate of drug-likeness (QED) is 0.534. The summed E-state index contributed by atoms with van der Waals surface area (Å²) in [5, 5.41) is 4.20. The van der Waals surface area contributed by atoms with Crippen molar-refractivity contribution in [2.75, 3.05) is 26.2 Å². The number of carbonyl (C=O) groups excluding carboxylic acids is 1. The van der Waals surface area contributed by atoms with Crippen molar-refractivity contribution in [2.24, 2.45) is 0 Å². The average molecular weight is 462 g/mol. The number of rotatable bonds is 5. The number of hydrogen-bond acceptors (Lipinski definition) is 4. The lowest BCUT2D eigenvalue weighted by Gasteiger charge is -2.34. The van der Waals surface area contributed by atoms with E-state index in [0.29, 0.717) is 44.0 Å². The molecule has 1 aliphatic heterocycles. The Labute approximate surface area is 188 Å². The molecule has 1 aliphatic rings. The fourth-order valence-electron chi connectivity index (χ4n) is 3.82. The molecular weight excluding hydrogens is 440 g/mol. The molecule has 0 radical (unpaired) electrons. The van der Waals surface area contributed by atoms with Crippen molar-refractivity contribution in [3.63, 3.8) is 0 Å². The first-order valence-electron chi connectivity index (χ1n) is 10.4. The van der Waals surface area contributed by atoms with E-state index < -0.39 is 12.2 Å². The summed E-state index contributed by atoms with van der Waals surface area (Å²) in [6.45, 7) is 4.52. The van der Waals surface area contributed by atoms with E-state index >= 15 is 0 Å². The van der Waals surface area contributed by atoms with Crippen LogP contribution in [0.2, 0.25) is 0 Å². The highest BCUT2D eigenvalue weighted by Gasteiger charge is 2.31. The minimum Gasteiger partial charge on any atom is -0.406 e. The number of nitrogens with zero attached hydrogens (tertiary/aromatic N) is 4. The summed E-state index contributed by atoms with van der Waals surface area (Å²) in [5.74, 6) is -0.842. The van der Waals surface area contributed by atoms with Crippen LogP contribution in [0.3, 0.4) is 0 Å². The molecule has 1 saturated heterocycles. The molecule has 0 aliphatic carbocycles. The number of halogens is 4. The molecule has 0 spiro atoms. The topological polar surface area (TPSA) is 50.6 Å². The van der Waals surface area contributed by atoms with Gasteiger partial charge in [0.1, 0.15) is 17.3 Å². The van der Waals surface area contributed by atoms with Gasteiger partial charge in [0.2, 0.25) is 0 Å². The van der Waals surface area contributed by atoms with E-state index in [-0.39, 0.29) is 17.3 Å². The van der Waals surface area contributed by atoms with Crippen LogP contribution in [0.4, 0.5) is 17.6 Å². The van der Waals surface area contributed by atoms with Crippen molar-refractivity contribution in [3.8, 4) is 11.4 Å². The number of aromatic nitrogens is 2. The molecule has 0 saturated carbocycles. The maximum atomic E-state index is 14.1. The summed E-state index contributed by atoms with van der Waals surface area (Å²) < 4.78 is 56.3. The first kappa shape index (κ1) is 22.8. The largest absolute Gasteiger partial charge is 0.573 e. The van der Waals surface area contributed by atoms with Gasteiger partial charge in [-0.15, -0.1) is 13.2 Å². The second-order valence-electron chi connectivity index (χ2n) is 7.77. The highest BCUT2D eigenvalue weighted by Crippen LogP contribution is 2.23. The Kier molecular flexibility index (Phi) is 6.37. The number of carbonyl (C=O) groups is 1. The van der Waals surface area contributed by atoms with Crippen LogP contribution in [0, 0.1) is 12.7 Å². The number of alkyl halides is 3. The average Bonchev–Trinajstić information content (AvgIpc) is 3.15. The molecule has 2 aromatic carbocycles. The van der Waals surface area contributed by atoms with Gasteiger partial charge in [-0.3, -0.25) is 9.69 Å². The van der Waals surface area contributed by atoms with Crippen molar-refractivity contribution in [3.05, 3.63) is 77.4 Å². The van der Waals surface area contributed by atoms with Gasteiger partial charge >= 0.3 is 6.36 Å². The van der Waals surface area contributed by atoms with Crippen molar-refractivity contribution < 1.29 is 27.1 Å². The normalized spacial score (nSPS) is 15.0. The molecule has 1 amide bonds. The zero-order chi connectivity index (χ0) is 23.6. The summed E-state index contributed by atoms with van der Waals surface area (Å²) in [7, 11) is 0. The van der Waals surface area contributed by atoms with Gasteiger partial charge in [-0.2, -0.15) is 5.10 Å². The molecule has 174 valence electrons. The van der Waals surface area contributed by atoms with Crippen molar-refractivity contribution in [1.82, 2.24) is 19.6 Å². The van der Waals surface area contributed by atoms with Crippen LogP contribution >= 0.6 is 0 Å². The Hall–Kier alpha value is -3.40. The fourth-order valence-corrected chi connectivity index (χ4v) is 3.82. The second kappa shape index (κ2) is 9.22. The Morgan fingerprint density at radius 3 is 2.33 bits per heavy atom. The molecule has 1 aromatic heterocycles. The Balaban J connectivity index is 1.35. The number of piperazine rings is 1. The Morgan fingerprint density at radius 1 is 1.03 bits per heavy atom. The third-order valence-electron chi connectivity index (χ3n) is 5.54. The third-order valence-corrected chi connectivity index (χ3v) is 5.54. The molecule has 0 bridgehead atoms. The lowest BCUT2D eigenvalue weighted by atomic mass is 10.1. The molecule has 2 heterocycles. The molecule has 3 aromatic rings. The zero-order valence-electron chi connectivity index (χ0n) is 17.8. The predicted octanol–water partition coefficient (Wildman–Crippen LogP) is 4.18. The number of para-hydroxylation sites is 1. The zero-order valence-corrected chi connectivity index (χ0v) is 17.8. The molecule has 1 fully saturated rings. The van der Waals surface area contributed by atoms with E-state index in [1.54, 1.807) is 42.2 Å². The number of hydrogen-bond donors (Lipinski definition) is 0. The van der Waals surface area contributed by atoms with Gasteiger partial charge in [0, 0.05) is 32.7 Å². The summed E-state index contributed by atoms with van der Waals surface area (Å²) in [5.41, 5.74) is 2.12. The molecule has 0 N–H and O–H groups in total. The van der Waals surface area contributed by atoms with E-state index in [0.717, 1.165) is 5.56 Å². The minimum atomic E-state index is -4.71. The molecule has 33 heavy (non-hydrogen) atoms. The van der Waals surface area contributed by atoms with Crippen LogP contribution in [0.15, 0.2) is 54.7 Å². The van der Waals surface area contributed by atoms with Crippen LogP contribution in [0.5, 0.6) is 5.75 Å². The van der Waals surface area contributed by atoms with Gasteiger partial charge in [0.05, 0.1) is 17.5 Å². The third kappa shape index (κ3) is 5.33. The maximum Gasteiger partial charge on any atom is 0.573 e. The summed E-state index contributed by atoms with van der Waals surface area (Å²) in [4.78, 5) is 16.9. The summed E-state index contributed by atoms with van der Waals surface area (Å²) in [6.07, 6.45) is -3.25. The monoisotopic (exact) mass is 462 g/mol. The summed E-state index contributed by atoms with van der Waals surface area (Å²) >= 11 is 0. The van der Waals surface area contributed by atoms with E-state index in [4.69, 9.17) is 0 Å². The summed E-state index contributed by atoms with van der Waals surface area (Å²) in [6, 6.07) is 12.0. The van der Waals surface area contributed by atoms with E-state index in [9.17, 15) is 22.4 Å². The van der Waals surface area contributed by atoms with Crippen LogP contribution < -0.4 is 4.74 Å². The van der Waals surface area contributed by atoms with E-state index in [1.807, 2.05) is 0 Å². The van der Waals surface area contributed by atoms with E-state index in [2.05, 4.69) is 14.7 Å². The van der Waals surface area contributed by atoms with Gasteiger partial charge in [0.25, 0.3) is 5.91 Å². The van der Waals surface area contributed by atoms with Crippen LogP contribution in [0.25, 0.3) is 5.69 Å². The van der Waals surface area contributed by atoms with Crippen LogP contribution in [-0.4, -0.2) is 58.0 Å². The predicted molar refractivity (Wildman–Crippen MR) is 113 cm³/mol. The lowest BCUT2D eigenvalue weighted by molar-refractivity contribution is -0.274.